The highest BCUT2D eigenvalue weighted by Gasteiger charge is 2.28. The first-order valence-corrected chi connectivity index (χ1v) is 7.30. The average Bonchev–Trinajstić information content (AvgIpc) is 2.80. The van der Waals surface area contributed by atoms with E-state index in [-0.39, 0.29) is 0 Å². The maximum atomic E-state index is 9.98. The number of fused-ring (bicyclic) bond motifs is 1. The first kappa shape index (κ1) is 13.2. The van der Waals surface area contributed by atoms with Crippen molar-refractivity contribution in [2.75, 3.05) is 19.7 Å². The first-order chi connectivity index (χ1) is 9.03. The van der Waals surface area contributed by atoms with Crippen LogP contribution in [-0.4, -0.2) is 35.3 Å². The van der Waals surface area contributed by atoms with Crippen LogP contribution in [0.4, 0.5) is 0 Å². The average molecular weight is 282 g/mol. The van der Waals surface area contributed by atoms with E-state index in [1.807, 2.05) is 19.1 Å². The molecule has 0 aromatic heterocycles. The van der Waals surface area contributed by atoms with Crippen LogP contribution in [0.15, 0.2) is 12.1 Å². The fourth-order valence-electron chi connectivity index (χ4n) is 2.90. The molecule has 1 aromatic carbocycles. The third-order valence-electron chi connectivity index (χ3n) is 4.15. The van der Waals surface area contributed by atoms with E-state index in [0.717, 1.165) is 56.3 Å². The van der Waals surface area contributed by atoms with Gasteiger partial charge in [-0.25, -0.2) is 0 Å². The second kappa shape index (κ2) is 4.97. The van der Waals surface area contributed by atoms with Crippen LogP contribution in [0, 0.1) is 0 Å². The lowest BCUT2D eigenvalue weighted by molar-refractivity contribution is -0.00742. The monoisotopic (exact) mass is 281 g/mol. The molecule has 104 valence electrons. The molecule has 1 fully saturated rings. The molecule has 0 radical (unpaired) electrons. The number of ether oxygens (including phenoxy) is 1. The standard InChI is InChI=1S/C15H20ClNO2/c1-15(18)3-5-17(6-4-15)10-12-9-13(16)8-11-2-7-19-14(11)12/h8-9,18H,2-7,10H2,1H3. The highest BCUT2D eigenvalue weighted by Crippen LogP contribution is 2.34. The van der Waals surface area contributed by atoms with E-state index in [4.69, 9.17) is 16.3 Å². The fourth-order valence-corrected chi connectivity index (χ4v) is 3.16. The Morgan fingerprint density at radius 2 is 2.11 bits per heavy atom. The molecule has 0 bridgehead atoms. The summed E-state index contributed by atoms with van der Waals surface area (Å²) in [6.45, 7) is 5.39. The van der Waals surface area contributed by atoms with Crippen LogP contribution in [0.25, 0.3) is 0 Å². The lowest BCUT2D eigenvalue weighted by Crippen LogP contribution is -2.41. The van der Waals surface area contributed by atoms with Gasteiger partial charge >= 0.3 is 0 Å². The molecule has 2 aliphatic rings. The molecule has 4 heteroatoms. The molecule has 0 amide bonds. The van der Waals surface area contributed by atoms with E-state index in [1.165, 1.54) is 11.1 Å². The molecule has 0 unspecified atom stereocenters. The molecule has 0 aliphatic carbocycles. The molecule has 0 atom stereocenters. The third kappa shape index (κ3) is 2.88. The summed E-state index contributed by atoms with van der Waals surface area (Å²) in [5, 5.41) is 10.8. The van der Waals surface area contributed by atoms with Gasteiger partial charge in [-0.2, -0.15) is 0 Å². The molecule has 2 heterocycles. The summed E-state index contributed by atoms with van der Waals surface area (Å²) < 4.78 is 5.73. The van der Waals surface area contributed by atoms with Crippen LogP contribution in [-0.2, 0) is 13.0 Å². The molecule has 2 aliphatic heterocycles. The van der Waals surface area contributed by atoms with Crippen molar-refractivity contribution in [1.29, 1.82) is 0 Å². The predicted octanol–water partition coefficient (Wildman–Crippen LogP) is 2.62. The van der Waals surface area contributed by atoms with Gasteiger partial charge in [0.05, 0.1) is 12.2 Å². The molecule has 3 rings (SSSR count). The summed E-state index contributed by atoms with van der Waals surface area (Å²) in [7, 11) is 0. The van der Waals surface area contributed by atoms with E-state index in [0.29, 0.717) is 0 Å². The lowest BCUT2D eigenvalue weighted by atomic mass is 9.93. The predicted molar refractivity (Wildman–Crippen MR) is 75.8 cm³/mol. The van der Waals surface area contributed by atoms with Crippen LogP contribution in [0.3, 0.4) is 0 Å². The Hall–Kier alpha value is -0.770. The largest absolute Gasteiger partial charge is 0.493 e. The van der Waals surface area contributed by atoms with Crippen molar-refractivity contribution in [2.45, 2.75) is 38.3 Å². The molecule has 1 N–H and O–H groups in total. The van der Waals surface area contributed by atoms with Crippen molar-refractivity contribution in [2.24, 2.45) is 0 Å². The minimum atomic E-state index is -0.497. The minimum Gasteiger partial charge on any atom is -0.493 e. The number of rotatable bonds is 2. The lowest BCUT2D eigenvalue weighted by Gasteiger charge is -2.36. The molecule has 0 saturated carbocycles. The smallest absolute Gasteiger partial charge is 0.127 e. The Morgan fingerprint density at radius 3 is 2.84 bits per heavy atom. The highest BCUT2D eigenvalue weighted by molar-refractivity contribution is 6.30. The minimum absolute atomic E-state index is 0.497. The Bertz CT molecular complexity index is 477. The van der Waals surface area contributed by atoms with Gasteiger partial charge in [0.2, 0.25) is 0 Å². The molecular weight excluding hydrogens is 262 g/mol. The number of likely N-dealkylation sites (tertiary alicyclic amines) is 1. The van der Waals surface area contributed by atoms with E-state index >= 15 is 0 Å². The van der Waals surface area contributed by atoms with Gasteiger partial charge in [0.1, 0.15) is 5.75 Å². The van der Waals surface area contributed by atoms with Gasteiger partial charge in [0, 0.05) is 36.6 Å². The van der Waals surface area contributed by atoms with Crippen LogP contribution >= 0.6 is 11.6 Å². The van der Waals surface area contributed by atoms with Gasteiger partial charge in [0.15, 0.2) is 0 Å². The summed E-state index contributed by atoms with van der Waals surface area (Å²) in [4.78, 5) is 2.37. The number of hydrogen-bond donors (Lipinski definition) is 1. The number of aliphatic hydroxyl groups is 1. The molecular formula is C15H20ClNO2. The number of piperidine rings is 1. The maximum Gasteiger partial charge on any atom is 0.127 e. The molecule has 1 saturated heterocycles. The first-order valence-electron chi connectivity index (χ1n) is 6.92. The van der Waals surface area contributed by atoms with Gasteiger partial charge in [-0.3, -0.25) is 4.90 Å². The van der Waals surface area contributed by atoms with E-state index in [9.17, 15) is 5.11 Å². The van der Waals surface area contributed by atoms with E-state index < -0.39 is 5.60 Å². The summed E-state index contributed by atoms with van der Waals surface area (Å²) in [5.74, 6) is 1.03. The van der Waals surface area contributed by atoms with Crippen molar-refractivity contribution in [3.05, 3.63) is 28.3 Å². The van der Waals surface area contributed by atoms with Gasteiger partial charge in [-0.05, 0) is 37.5 Å². The topological polar surface area (TPSA) is 32.7 Å². The zero-order valence-electron chi connectivity index (χ0n) is 11.3. The number of benzene rings is 1. The maximum absolute atomic E-state index is 9.98. The second-order valence-electron chi connectivity index (χ2n) is 5.92. The summed E-state index contributed by atoms with van der Waals surface area (Å²) in [6, 6.07) is 4.02. The molecule has 1 aromatic rings. The normalized spacial score (nSPS) is 22.1. The molecule has 3 nitrogen and oxygen atoms in total. The van der Waals surface area contributed by atoms with Crippen molar-refractivity contribution in [3.63, 3.8) is 0 Å². The Labute approximate surface area is 119 Å². The third-order valence-corrected chi connectivity index (χ3v) is 4.37. The number of nitrogens with zero attached hydrogens (tertiary/aromatic N) is 1. The van der Waals surface area contributed by atoms with Crippen LogP contribution < -0.4 is 4.74 Å². The Kier molecular flexibility index (Phi) is 3.46. The molecule has 0 spiro atoms. The van der Waals surface area contributed by atoms with E-state index in [2.05, 4.69) is 4.90 Å². The van der Waals surface area contributed by atoms with E-state index in [1.54, 1.807) is 0 Å². The number of halogens is 1. The van der Waals surface area contributed by atoms with Crippen molar-refractivity contribution < 1.29 is 9.84 Å². The Balaban J connectivity index is 1.74. The van der Waals surface area contributed by atoms with Crippen LogP contribution in [0.2, 0.25) is 5.02 Å². The summed E-state index contributed by atoms with van der Waals surface area (Å²) >= 11 is 6.18. The molecule has 19 heavy (non-hydrogen) atoms. The van der Waals surface area contributed by atoms with Crippen molar-refractivity contribution in [1.82, 2.24) is 4.90 Å². The van der Waals surface area contributed by atoms with Crippen LogP contribution in [0.1, 0.15) is 30.9 Å². The summed E-state index contributed by atoms with van der Waals surface area (Å²) in [6.07, 6.45) is 2.62. The zero-order chi connectivity index (χ0) is 13.5. The van der Waals surface area contributed by atoms with Gasteiger partial charge in [-0.15, -0.1) is 0 Å². The van der Waals surface area contributed by atoms with Gasteiger partial charge < -0.3 is 9.84 Å². The fraction of sp³-hybridized carbons (Fsp3) is 0.600. The zero-order valence-corrected chi connectivity index (χ0v) is 12.0. The van der Waals surface area contributed by atoms with Gasteiger partial charge in [0.25, 0.3) is 0 Å². The SMILES string of the molecule is CC1(O)CCN(Cc2cc(Cl)cc3c2OCC3)CC1. The summed E-state index contributed by atoms with van der Waals surface area (Å²) in [5.41, 5.74) is 1.91. The van der Waals surface area contributed by atoms with Crippen LogP contribution in [0.5, 0.6) is 5.75 Å². The quantitative estimate of drug-likeness (QED) is 0.905. The van der Waals surface area contributed by atoms with Crippen molar-refractivity contribution >= 4 is 11.6 Å². The second-order valence-corrected chi connectivity index (χ2v) is 6.36. The van der Waals surface area contributed by atoms with Crippen molar-refractivity contribution in [3.8, 4) is 5.75 Å². The van der Waals surface area contributed by atoms with Gasteiger partial charge in [-0.1, -0.05) is 11.6 Å². The Morgan fingerprint density at radius 1 is 1.37 bits per heavy atom. The highest BCUT2D eigenvalue weighted by atomic mass is 35.5. The number of hydrogen-bond acceptors (Lipinski definition) is 3.